The van der Waals surface area contributed by atoms with Crippen LogP contribution in [-0.4, -0.2) is 55.7 Å². The molecule has 5 heteroatoms. The van der Waals surface area contributed by atoms with Crippen molar-refractivity contribution in [2.24, 2.45) is 0 Å². The van der Waals surface area contributed by atoms with Crippen LogP contribution in [0.1, 0.15) is 23.7 Å². The lowest BCUT2D eigenvalue weighted by atomic mass is 10.1. The Labute approximate surface area is 131 Å². The maximum atomic E-state index is 12.7. The quantitative estimate of drug-likeness (QED) is 0.853. The van der Waals surface area contributed by atoms with E-state index in [1.165, 1.54) is 0 Å². The molecule has 5 nitrogen and oxygen atoms in total. The molecule has 0 fully saturated rings. The number of hydrogen-bond acceptors (Lipinski definition) is 4. The Morgan fingerprint density at radius 1 is 1.14 bits per heavy atom. The summed E-state index contributed by atoms with van der Waals surface area (Å²) in [5.41, 5.74) is 2.12. The van der Waals surface area contributed by atoms with Gasteiger partial charge in [-0.2, -0.15) is 0 Å². The van der Waals surface area contributed by atoms with E-state index in [4.69, 9.17) is 0 Å². The van der Waals surface area contributed by atoms with Gasteiger partial charge in [-0.05, 0) is 24.3 Å². The summed E-state index contributed by atoms with van der Waals surface area (Å²) in [4.78, 5) is 30.3. The van der Waals surface area contributed by atoms with Crippen LogP contribution in [0.25, 0.3) is 0 Å². The molecule has 0 radical (unpaired) electrons. The summed E-state index contributed by atoms with van der Waals surface area (Å²) in [5, 5.41) is 0. The highest BCUT2D eigenvalue weighted by Crippen LogP contribution is 2.19. The van der Waals surface area contributed by atoms with E-state index in [1.54, 1.807) is 11.1 Å². The number of anilines is 1. The van der Waals surface area contributed by atoms with E-state index in [9.17, 15) is 9.59 Å². The third kappa shape index (κ3) is 3.30. The average molecular weight is 301 g/mol. The number of rotatable bonds is 4. The lowest BCUT2D eigenvalue weighted by Gasteiger charge is -2.32. The first-order valence-corrected chi connectivity index (χ1v) is 7.48. The molecule has 1 aromatic carbocycles. The Kier molecular flexibility index (Phi) is 4.85. The van der Waals surface area contributed by atoms with Crippen LogP contribution >= 0.6 is 0 Å². The number of likely N-dealkylation sites (N-methyl/N-ethyl adjacent to an activating group) is 1. The monoisotopic (exact) mass is 301 g/mol. The van der Waals surface area contributed by atoms with E-state index in [-0.39, 0.29) is 11.7 Å². The van der Waals surface area contributed by atoms with E-state index in [0.717, 1.165) is 12.2 Å². The van der Waals surface area contributed by atoms with Crippen molar-refractivity contribution >= 4 is 17.4 Å². The molecule has 2 rings (SSSR count). The van der Waals surface area contributed by atoms with Crippen molar-refractivity contribution in [1.82, 2.24) is 9.80 Å². The summed E-state index contributed by atoms with van der Waals surface area (Å²) in [6.45, 7) is 3.07. The van der Waals surface area contributed by atoms with E-state index in [2.05, 4.69) is 0 Å². The molecule has 1 aliphatic rings. The SMILES string of the molecule is CCC(=O)C1=CN(C)CCN1C(=O)c1ccc(N(C)C)cc1. The molecular weight excluding hydrogens is 278 g/mol. The Morgan fingerprint density at radius 2 is 1.77 bits per heavy atom. The van der Waals surface area contributed by atoms with Gasteiger partial charge in [0.05, 0.1) is 0 Å². The Hall–Kier alpha value is -2.30. The standard InChI is InChI=1S/C17H23N3O2/c1-5-16(21)15-12-19(4)10-11-20(15)17(22)13-6-8-14(9-7-13)18(2)3/h6-9,12H,5,10-11H2,1-4H3. The highest BCUT2D eigenvalue weighted by molar-refractivity contribution is 6.03. The first-order chi connectivity index (χ1) is 10.4. The number of amides is 1. The normalized spacial score (nSPS) is 14.6. The molecule has 118 valence electrons. The largest absolute Gasteiger partial charge is 0.378 e. The molecule has 0 unspecified atom stereocenters. The van der Waals surface area contributed by atoms with Crippen LogP contribution in [0, 0.1) is 0 Å². The summed E-state index contributed by atoms with van der Waals surface area (Å²) in [5.74, 6) is -0.128. The predicted octanol–water partition coefficient (Wildman–Crippen LogP) is 1.96. The number of allylic oxidation sites excluding steroid dienone is 1. The zero-order chi connectivity index (χ0) is 16.3. The summed E-state index contributed by atoms with van der Waals surface area (Å²) in [6, 6.07) is 7.44. The molecule has 0 N–H and O–H groups in total. The van der Waals surface area contributed by atoms with Crippen LogP contribution in [0.5, 0.6) is 0 Å². The van der Waals surface area contributed by atoms with Crippen molar-refractivity contribution < 1.29 is 9.59 Å². The lowest BCUT2D eigenvalue weighted by molar-refractivity contribution is -0.116. The van der Waals surface area contributed by atoms with Gasteiger partial charge in [0.1, 0.15) is 5.70 Å². The first-order valence-electron chi connectivity index (χ1n) is 7.48. The highest BCUT2D eigenvalue weighted by Gasteiger charge is 2.27. The second kappa shape index (κ2) is 6.64. The molecule has 0 saturated heterocycles. The highest BCUT2D eigenvalue weighted by atomic mass is 16.2. The molecule has 22 heavy (non-hydrogen) atoms. The predicted molar refractivity (Wildman–Crippen MR) is 87.8 cm³/mol. The molecule has 0 aliphatic carbocycles. The van der Waals surface area contributed by atoms with Gasteiger partial charge < -0.3 is 14.7 Å². The summed E-state index contributed by atoms with van der Waals surface area (Å²) >= 11 is 0. The van der Waals surface area contributed by atoms with Gasteiger partial charge in [0.25, 0.3) is 5.91 Å². The maximum absolute atomic E-state index is 12.7. The third-order valence-corrected chi connectivity index (χ3v) is 3.79. The van der Waals surface area contributed by atoms with Crippen molar-refractivity contribution in [2.75, 3.05) is 39.1 Å². The average Bonchev–Trinajstić information content (AvgIpc) is 2.53. The minimum atomic E-state index is -0.119. The number of carbonyl (C=O) groups excluding carboxylic acids is 2. The summed E-state index contributed by atoms with van der Waals surface area (Å²) in [7, 11) is 5.83. The van der Waals surface area contributed by atoms with E-state index in [0.29, 0.717) is 24.2 Å². The lowest BCUT2D eigenvalue weighted by Crippen LogP contribution is -2.42. The third-order valence-electron chi connectivity index (χ3n) is 3.79. The molecule has 0 spiro atoms. The van der Waals surface area contributed by atoms with Crippen LogP contribution in [0.15, 0.2) is 36.2 Å². The Bertz CT molecular complexity index is 590. The van der Waals surface area contributed by atoms with E-state index < -0.39 is 0 Å². The van der Waals surface area contributed by atoms with Gasteiger partial charge >= 0.3 is 0 Å². The van der Waals surface area contributed by atoms with Crippen LogP contribution in [0.3, 0.4) is 0 Å². The van der Waals surface area contributed by atoms with Gasteiger partial charge in [-0.15, -0.1) is 0 Å². The first kappa shape index (κ1) is 16.1. The fraction of sp³-hybridized carbons (Fsp3) is 0.412. The molecular formula is C17H23N3O2. The van der Waals surface area contributed by atoms with Gasteiger partial charge in [0.15, 0.2) is 5.78 Å². The summed E-state index contributed by atoms with van der Waals surface area (Å²) < 4.78 is 0. The maximum Gasteiger partial charge on any atom is 0.258 e. The van der Waals surface area contributed by atoms with Crippen LogP contribution < -0.4 is 4.90 Å². The number of ketones is 1. The minimum Gasteiger partial charge on any atom is -0.378 e. The zero-order valence-electron chi connectivity index (χ0n) is 13.7. The Balaban J connectivity index is 2.27. The summed E-state index contributed by atoms with van der Waals surface area (Å²) in [6.07, 6.45) is 2.16. The van der Waals surface area contributed by atoms with Crippen molar-refractivity contribution in [3.63, 3.8) is 0 Å². The molecule has 1 heterocycles. The van der Waals surface area contributed by atoms with Crippen molar-refractivity contribution in [3.8, 4) is 0 Å². The number of Topliss-reactive ketones (excluding diaryl/α,β-unsaturated/α-hetero) is 1. The van der Waals surface area contributed by atoms with Gasteiger partial charge in [-0.3, -0.25) is 9.59 Å². The second-order valence-corrected chi connectivity index (χ2v) is 5.67. The minimum absolute atomic E-state index is 0.00943. The van der Waals surface area contributed by atoms with Crippen LogP contribution in [0.4, 0.5) is 5.69 Å². The topological polar surface area (TPSA) is 43.9 Å². The zero-order valence-corrected chi connectivity index (χ0v) is 13.7. The molecule has 0 bridgehead atoms. The second-order valence-electron chi connectivity index (χ2n) is 5.67. The van der Waals surface area contributed by atoms with Crippen molar-refractivity contribution in [1.29, 1.82) is 0 Å². The molecule has 0 saturated carbocycles. The molecule has 0 aromatic heterocycles. The molecule has 1 aliphatic heterocycles. The van der Waals surface area contributed by atoms with Crippen LogP contribution in [0.2, 0.25) is 0 Å². The van der Waals surface area contributed by atoms with Crippen LogP contribution in [-0.2, 0) is 4.79 Å². The number of carbonyl (C=O) groups is 2. The molecule has 0 atom stereocenters. The van der Waals surface area contributed by atoms with Gasteiger partial charge in [-0.25, -0.2) is 0 Å². The number of benzene rings is 1. The van der Waals surface area contributed by atoms with Crippen molar-refractivity contribution in [2.45, 2.75) is 13.3 Å². The number of hydrogen-bond donors (Lipinski definition) is 0. The fourth-order valence-electron chi connectivity index (χ4n) is 2.39. The van der Waals surface area contributed by atoms with Gasteiger partial charge in [0, 0.05) is 58.1 Å². The van der Waals surface area contributed by atoms with E-state index in [1.807, 2.05) is 62.1 Å². The van der Waals surface area contributed by atoms with E-state index >= 15 is 0 Å². The Morgan fingerprint density at radius 3 is 2.32 bits per heavy atom. The molecule has 1 aromatic rings. The smallest absolute Gasteiger partial charge is 0.258 e. The van der Waals surface area contributed by atoms with Gasteiger partial charge in [0.2, 0.25) is 0 Å². The van der Waals surface area contributed by atoms with Gasteiger partial charge in [-0.1, -0.05) is 6.92 Å². The number of nitrogens with zero attached hydrogens (tertiary/aromatic N) is 3. The van der Waals surface area contributed by atoms with Crippen molar-refractivity contribution in [3.05, 3.63) is 41.7 Å². The molecule has 1 amide bonds. The fourth-order valence-corrected chi connectivity index (χ4v) is 2.39.